The van der Waals surface area contributed by atoms with E-state index in [-0.39, 0.29) is 0 Å². The van der Waals surface area contributed by atoms with Gasteiger partial charge in [-0.1, -0.05) is 0 Å². The third kappa shape index (κ3) is 1.95. The lowest BCUT2D eigenvalue weighted by molar-refractivity contribution is -0.0875. The Bertz CT molecular complexity index is 192. The van der Waals surface area contributed by atoms with E-state index in [0.29, 0.717) is 18.1 Å². The van der Waals surface area contributed by atoms with Gasteiger partial charge in [0.25, 0.3) is 0 Å². The maximum atomic E-state index is 5.24. The van der Waals surface area contributed by atoms with Gasteiger partial charge in [0.1, 0.15) is 0 Å². The van der Waals surface area contributed by atoms with Crippen molar-refractivity contribution in [3.63, 3.8) is 0 Å². The van der Waals surface area contributed by atoms with E-state index < -0.39 is 0 Å². The van der Waals surface area contributed by atoms with Crippen molar-refractivity contribution >= 4 is 0 Å². The number of hydrogen-bond acceptors (Lipinski definition) is 3. The van der Waals surface area contributed by atoms with Gasteiger partial charge in [0.15, 0.2) is 0 Å². The summed E-state index contributed by atoms with van der Waals surface area (Å²) in [7, 11) is 0. The molecular formula is C11H22N2O. The molecule has 2 rings (SSSR count). The Kier molecular flexibility index (Phi) is 3.10. The second-order valence-electron chi connectivity index (χ2n) is 4.87. The maximum absolute atomic E-state index is 5.24. The molecule has 0 aliphatic carbocycles. The van der Waals surface area contributed by atoms with Gasteiger partial charge >= 0.3 is 0 Å². The highest BCUT2D eigenvalue weighted by Gasteiger charge is 2.32. The molecule has 0 aromatic carbocycles. The second kappa shape index (κ2) is 4.17. The summed E-state index contributed by atoms with van der Waals surface area (Å²) in [5.74, 6) is 0. The van der Waals surface area contributed by atoms with Gasteiger partial charge in [-0.25, -0.2) is 0 Å². The van der Waals surface area contributed by atoms with Gasteiger partial charge in [-0.2, -0.15) is 0 Å². The fraction of sp³-hybridized carbons (Fsp3) is 1.00. The predicted molar refractivity (Wildman–Crippen MR) is 57.5 cm³/mol. The number of piperazine rings is 1. The molecule has 0 aromatic heterocycles. The van der Waals surface area contributed by atoms with Crippen LogP contribution in [0.5, 0.6) is 0 Å². The molecule has 14 heavy (non-hydrogen) atoms. The van der Waals surface area contributed by atoms with Crippen molar-refractivity contribution in [3.05, 3.63) is 0 Å². The minimum Gasteiger partial charge on any atom is -0.378 e. The van der Waals surface area contributed by atoms with Gasteiger partial charge in [0, 0.05) is 31.7 Å². The summed E-state index contributed by atoms with van der Waals surface area (Å²) < 4.78 is 5.24. The molecule has 0 bridgehead atoms. The van der Waals surface area contributed by atoms with E-state index in [1.54, 1.807) is 0 Å². The van der Waals surface area contributed by atoms with Crippen LogP contribution in [-0.4, -0.2) is 60.8 Å². The Labute approximate surface area is 87.0 Å². The zero-order valence-electron chi connectivity index (χ0n) is 9.57. The fourth-order valence-corrected chi connectivity index (χ4v) is 2.53. The highest BCUT2D eigenvalue weighted by atomic mass is 16.5. The van der Waals surface area contributed by atoms with Crippen LogP contribution in [0.2, 0.25) is 0 Å². The molecule has 1 atom stereocenters. The molecule has 0 saturated carbocycles. The molecule has 2 saturated heterocycles. The SMILES string of the molecule is CC(C)N1CCN(C2COC2)C[C@H]1C. The quantitative estimate of drug-likeness (QED) is 0.653. The molecular weight excluding hydrogens is 176 g/mol. The van der Waals surface area contributed by atoms with E-state index in [1.165, 1.54) is 19.6 Å². The van der Waals surface area contributed by atoms with Gasteiger partial charge in [-0.05, 0) is 20.8 Å². The van der Waals surface area contributed by atoms with Crippen molar-refractivity contribution in [3.8, 4) is 0 Å². The monoisotopic (exact) mass is 198 g/mol. The van der Waals surface area contributed by atoms with E-state index in [4.69, 9.17) is 4.74 Å². The first kappa shape index (κ1) is 10.4. The average molecular weight is 198 g/mol. The molecule has 2 heterocycles. The summed E-state index contributed by atoms with van der Waals surface area (Å²) in [4.78, 5) is 5.18. The van der Waals surface area contributed by atoms with Crippen LogP contribution < -0.4 is 0 Å². The molecule has 0 radical (unpaired) electrons. The largest absolute Gasteiger partial charge is 0.378 e. The molecule has 0 unspecified atom stereocenters. The summed E-state index contributed by atoms with van der Waals surface area (Å²) >= 11 is 0. The molecule has 2 aliphatic rings. The number of rotatable bonds is 2. The number of nitrogens with zero attached hydrogens (tertiary/aromatic N) is 2. The van der Waals surface area contributed by atoms with Crippen molar-refractivity contribution in [1.82, 2.24) is 9.80 Å². The van der Waals surface area contributed by atoms with Crippen LogP contribution in [0, 0.1) is 0 Å². The highest BCUT2D eigenvalue weighted by Crippen LogP contribution is 2.18. The lowest BCUT2D eigenvalue weighted by atomic mass is 10.1. The maximum Gasteiger partial charge on any atom is 0.0645 e. The molecule has 3 heteroatoms. The summed E-state index contributed by atoms with van der Waals surface area (Å²) in [6.45, 7) is 12.5. The molecule has 0 amide bonds. The van der Waals surface area contributed by atoms with Crippen LogP contribution in [0.15, 0.2) is 0 Å². The lowest BCUT2D eigenvalue weighted by Crippen LogP contribution is -2.60. The van der Waals surface area contributed by atoms with Crippen LogP contribution >= 0.6 is 0 Å². The van der Waals surface area contributed by atoms with E-state index in [9.17, 15) is 0 Å². The summed E-state index contributed by atoms with van der Waals surface area (Å²) in [5.41, 5.74) is 0. The number of hydrogen-bond donors (Lipinski definition) is 0. The highest BCUT2D eigenvalue weighted by molar-refractivity contribution is 4.87. The minimum atomic E-state index is 0.685. The average Bonchev–Trinajstić information content (AvgIpc) is 2.00. The standard InChI is InChI=1S/C11H22N2O/c1-9(2)13-5-4-12(6-10(13)3)11-7-14-8-11/h9-11H,4-8H2,1-3H3/t10-/m1/s1. The first-order chi connectivity index (χ1) is 6.68. The molecule has 2 fully saturated rings. The van der Waals surface area contributed by atoms with Gasteiger partial charge in [-0.15, -0.1) is 0 Å². The smallest absolute Gasteiger partial charge is 0.0645 e. The molecule has 0 aromatic rings. The molecule has 3 nitrogen and oxygen atoms in total. The second-order valence-corrected chi connectivity index (χ2v) is 4.87. The Morgan fingerprint density at radius 3 is 2.36 bits per heavy atom. The van der Waals surface area contributed by atoms with E-state index in [0.717, 1.165) is 13.2 Å². The first-order valence-corrected chi connectivity index (χ1v) is 5.76. The molecule has 82 valence electrons. The van der Waals surface area contributed by atoms with E-state index in [1.807, 2.05) is 0 Å². The van der Waals surface area contributed by atoms with Gasteiger partial charge in [0.2, 0.25) is 0 Å². The van der Waals surface area contributed by atoms with Crippen LogP contribution in [0.1, 0.15) is 20.8 Å². The molecule has 0 spiro atoms. The Morgan fingerprint density at radius 1 is 1.21 bits per heavy atom. The normalized spacial score (nSPS) is 32.1. The third-order valence-corrected chi connectivity index (χ3v) is 3.51. The van der Waals surface area contributed by atoms with Crippen molar-refractivity contribution in [2.45, 2.75) is 38.9 Å². The summed E-state index contributed by atoms with van der Waals surface area (Å²) in [5, 5.41) is 0. The van der Waals surface area contributed by atoms with Crippen LogP contribution in [0.25, 0.3) is 0 Å². The van der Waals surface area contributed by atoms with Crippen LogP contribution in [0.4, 0.5) is 0 Å². The van der Waals surface area contributed by atoms with Crippen molar-refractivity contribution in [2.75, 3.05) is 32.8 Å². The Morgan fingerprint density at radius 2 is 1.93 bits per heavy atom. The van der Waals surface area contributed by atoms with Gasteiger partial charge in [0.05, 0.1) is 19.3 Å². The predicted octanol–water partition coefficient (Wildman–Crippen LogP) is 0.800. The first-order valence-electron chi connectivity index (χ1n) is 5.76. The van der Waals surface area contributed by atoms with E-state index >= 15 is 0 Å². The minimum absolute atomic E-state index is 0.685. The zero-order chi connectivity index (χ0) is 10.1. The van der Waals surface area contributed by atoms with Crippen molar-refractivity contribution in [1.29, 1.82) is 0 Å². The van der Waals surface area contributed by atoms with Crippen LogP contribution in [0.3, 0.4) is 0 Å². The topological polar surface area (TPSA) is 15.7 Å². The lowest BCUT2D eigenvalue weighted by Gasteiger charge is -2.47. The van der Waals surface area contributed by atoms with E-state index in [2.05, 4.69) is 30.6 Å². The summed E-state index contributed by atoms with van der Waals surface area (Å²) in [6, 6.07) is 2.10. The summed E-state index contributed by atoms with van der Waals surface area (Å²) in [6.07, 6.45) is 0. The van der Waals surface area contributed by atoms with Gasteiger partial charge in [-0.3, -0.25) is 9.80 Å². The number of ether oxygens (including phenoxy) is 1. The zero-order valence-corrected chi connectivity index (χ0v) is 9.57. The molecule has 0 N–H and O–H groups in total. The third-order valence-electron chi connectivity index (χ3n) is 3.51. The van der Waals surface area contributed by atoms with Crippen molar-refractivity contribution < 1.29 is 4.74 Å². The Hall–Kier alpha value is -0.120. The van der Waals surface area contributed by atoms with Crippen molar-refractivity contribution in [2.24, 2.45) is 0 Å². The molecule has 2 aliphatic heterocycles. The Balaban J connectivity index is 1.85. The van der Waals surface area contributed by atoms with Gasteiger partial charge < -0.3 is 4.74 Å². The fourth-order valence-electron chi connectivity index (χ4n) is 2.53. The van der Waals surface area contributed by atoms with Crippen LogP contribution in [-0.2, 0) is 4.74 Å².